The molecule has 2 rings (SSSR count). The Hall–Kier alpha value is -2.09. The summed E-state index contributed by atoms with van der Waals surface area (Å²) in [6.07, 6.45) is 0.848. The molecule has 0 spiro atoms. The third-order valence-corrected chi connectivity index (χ3v) is 4.08. The topological polar surface area (TPSA) is 49.3 Å². The molecule has 0 radical (unpaired) electrons. The molecule has 0 saturated heterocycles. The van der Waals surface area contributed by atoms with Gasteiger partial charge in [0.05, 0.1) is 4.88 Å². The number of rotatable bonds is 3. The van der Waals surface area contributed by atoms with E-state index < -0.39 is 0 Å². The number of aliphatic hydroxyl groups excluding tert-OH is 1. The summed E-state index contributed by atoms with van der Waals surface area (Å²) in [5.41, 5.74) is 3.62. The van der Waals surface area contributed by atoms with Crippen molar-refractivity contribution in [1.29, 1.82) is 0 Å². The van der Waals surface area contributed by atoms with Crippen molar-refractivity contribution in [2.45, 2.75) is 20.3 Å². The Morgan fingerprint density at radius 1 is 1.38 bits per heavy atom. The van der Waals surface area contributed by atoms with Gasteiger partial charge in [0.15, 0.2) is 0 Å². The summed E-state index contributed by atoms with van der Waals surface area (Å²) in [5.74, 6) is 5.39. The van der Waals surface area contributed by atoms with Gasteiger partial charge in [-0.3, -0.25) is 4.79 Å². The van der Waals surface area contributed by atoms with Crippen molar-refractivity contribution in [3.63, 3.8) is 0 Å². The number of amides is 1. The van der Waals surface area contributed by atoms with Crippen molar-refractivity contribution in [1.82, 2.24) is 0 Å². The van der Waals surface area contributed by atoms with Crippen LogP contribution in [0.15, 0.2) is 29.6 Å². The van der Waals surface area contributed by atoms with Gasteiger partial charge in [-0.15, -0.1) is 11.3 Å². The molecule has 0 bridgehead atoms. The number of carbonyl (C=O) groups is 1. The van der Waals surface area contributed by atoms with Gasteiger partial charge >= 0.3 is 0 Å². The molecule has 108 valence electrons. The number of aliphatic hydroxyl groups is 1. The Kier molecular flexibility index (Phi) is 5.15. The normalized spacial score (nSPS) is 9.86. The van der Waals surface area contributed by atoms with Crippen LogP contribution >= 0.6 is 11.3 Å². The summed E-state index contributed by atoms with van der Waals surface area (Å²) < 4.78 is 0. The van der Waals surface area contributed by atoms with Gasteiger partial charge < -0.3 is 10.4 Å². The molecule has 2 N–H and O–H groups in total. The lowest BCUT2D eigenvalue weighted by Crippen LogP contribution is -2.12. The van der Waals surface area contributed by atoms with E-state index in [1.54, 1.807) is 0 Å². The number of benzene rings is 1. The molecule has 0 unspecified atom stereocenters. The third-order valence-electron chi connectivity index (χ3n) is 3.12. The van der Waals surface area contributed by atoms with E-state index in [1.807, 2.05) is 43.5 Å². The van der Waals surface area contributed by atoms with E-state index in [0.717, 1.165) is 33.7 Å². The summed E-state index contributed by atoms with van der Waals surface area (Å²) in [6, 6.07) is 7.56. The molecule has 0 aliphatic carbocycles. The number of carbonyl (C=O) groups excluding carboxylic acids is 1. The highest BCUT2D eigenvalue weighted by Gasteiger charge is 2.13. The van der Waals surface area contributed by atoms with Crippen LogP contribution in [0.4, 0.5) is 5.69 Å². The molecule has 0 saturated carbocycles. The first-order valence-electron chi connectivity index (χ1n) is 6.73. The first-order chi connectivity index (χ1) is 10.2. The fraction of sp³-hybridized carbons (Fsp3) is 0.235. The lowest BCUT2D eigenvalue weighted by atomic mass is 10.1. The van der Waals surface area contributed by atoms with Gasteiger partial charge in [0, 0.05) is 11.3 Å². The van der Waals surface area contributed by atoms with Crippen molar-refractivity contribution < 1.29 is 9.90 Å². The molecule has 2 aromatic rings. The average Bonchev–Trinajstić information content (AvgIpc) is 2.96. The molecule has 0 atom stereocenters. The smallest absolute Gasteiger partial charge is 0.266 e. The molecular weight excluding hydrogens is 282 g/mol. The highest BCUT2D eigenvalue weighted by molar-refractivity contribution is 7.12. The first kappa shape index (κ1) is 15.3. The summed E-state index contributed by atoms with van der Waals surface area (Å²) >= 11 is 1.46. The Bertz CT molecular complexity index is 707. The summed E-state index contributed by atoms with van der Waals surface area (Å²) in [4.78, 5) is 13.1. The highest BCUT2D eigenvalue weighted by Crippen LogP contribution is 2.21. The maximum absolute atomic E-state index is 12.3. The van der Waals surface area contributed by atoms with Gasteiger partial charge in [-0.05, 0) is 54.1 Å². The number of nitrogens with one attached hydrogen (secondary N) is 1. The Morgan fingerprint density at radius 2 is 2.19 bits per heavy atom. The minimum Gasteiger partial charge on any atom is -0.384 e. The number of aryl methyl sites for hydroxylation is 2. The standard InChI is InChI=1S/C17H17NO2S/c1-3-14-8-10-21-16(14)17(20)18-15-7-6-13(5-4-9-19)11-12(15)2/h6-8,10-11,19H,3,9H2,1-2H3,(H,18,20). The quantitative estimate of drug-likeness (QED) is 0.855. The molecular formula is C17H17NO2S. The predicted octanol–water partition coefficient (Wildman–Crippen LogP) is 3.22. The van der Waals surface area contributed by atoms with Crippen LogP contribution < -0.4 is 5.32 Å². The van der Waals surface area contributed by atoms with Crippen molar-refractivity contribution >= 4 is 22.9 Å². The number of anilines is 1. The molecule has 1 amide bonds. The Labute approximate surface area is 128 Å². The largest absolute Gasteiger partial charge is 0.384 e. The van der Waals surface area contributed by atoms with Crippen LogP contribution in [0.1, 0.15) is 33.3 Å². The zero-order valence-corrected chi connectivity index (χ0v) is 12.9. The molecule has 4 heteroatoms. The maximum atomic E-state index is 12.3. The SMILES string of the molecule is CCc1ccsc1C(=O)Nc1ccc(C#CCO)cc1C. The molecule has 1 aromatic heterocycles. The van der Waals surface area contributed by atoms with Crippen LogP contribution in [0.5, 0.6) is 0 Å². The fourth-order valence-electron chi connectivity index (χ4n) is 2.02. The molecule has 1 heterocycles. The fourth-order valence-corrected chi connectivity index (χ4v) is 2.91. The number of thiophene rings is 1. The lowest BCUT2D eigenvalue weighted by molar-refractivity contribution is 0.102. The summed E-state index contributed by atoms with van der Waals surface area (Å²) in [7, 11) is 0. The molecule has 3 nitrogen and oxygen atoms in total. The van der Waals surface area contributed by atoms with Crippen LogP contribution in [0.2, 0.25) is 0 Å². The molecule has 0 aliphatic heterocycles. The zero-order valence-electron chi connectivity index (χ0n) is 12.1. The van der Waals surface area contributed by atoms with Gasteiger partial charge in [-0.2, -0.15) is 0 Å². The van der Waals surface area contributed by atoms with Crippen molar-refractivity contribution in [3.05, 3.63) is 51.2 Å². The zero-order chi connectivity index (χ0) is 15.2. The highest BCUT2D eigenvalue weighted by atomic mass is 32.1. The minimum atomic E-state index is -0.157. The Balaban J connectivity index is 2.18. The molecule has 1 aromatic carbocycles. The second-order valence-electron chi connectivity index (χ2n) is 4.57. The monoisotopic (exact) mass is 299 g/mol. The van der Waals surface area contributed by atoms with Crippen molar-refractivity contribution in [2.24, 2.45) is 0 Å². The van der Waals surface area contributed by atoms with E-state index in [2.05, 4.69) is 17.2 Å². The molecule has 21 heavy (non-hydrogen) atoms. The summed E-state index contributed by atoms with van der Waals surface area (Å²) in [6.45, 7) is 3.81. The van der Waals surface area contributed by atoms with E-state index in [0.29, 0.717) is 0 Å². The third kappa shape index (κ3) is 3.72. The van der Waals surface area contributed by atoms with Gasteiger partial charge in [-0.1, -0.05) is 18.8 Å². The predicted molar refractivity (Wildman–Crippen MR) is 86.8 cm³/mol. The van der Waals surface area contributed by atoms with Crippen LogP contribution in [0.25, 0.3) is 0 Å². The number of hydrogen-bond donors (Lipinski definition) is 2. The lowest BCUT2D eigenvalue weighted by Gasteiger charge is -2.09. The van der Waals surface area contributed by atoms with Crippen LogP contribution in [0.3, 0.4) is 0 Å². The van der Waals surface area contributed by atoms with E-state index >= 15 is 0 Å². The van der Waals surface area contributed by atoms with E-state index in [-0.39, 0.29) is 12.5 Å². The van der Waals surface area contributed by atoms with Gasteiger partial charge in [0.2, 0.25) is 0 Å². The van der Waals surface area contributed by atoms with E-state index in [1.165, 1.54) is 11.3 Å². The van der Waals surface area contributed by atoms with Gasteiger partial charge in [0.25, 0.3) is 5.91 Å². The van der Waals surface area contributed by atoms with Gasteiger partial charge in [-0.25, -0.2) is 0 Å². The van der Waals surface area contributed by atoms with E-state index in [9.17, 15) is 4.79 Å². The second kappa shape index (κ2) is 7.07. The number of hydrogen-bond acceptors (Lipinski definition) is 3. The molecule has 0 fully saturated rings. The van der Waals surface area contributed by atoms with Crippen LogP contribution in [-0.4, -0.2) is 17.6 Å². The summed E-state index contributed by atoms with van der Waals surface area (Å²) in [5, 5.41) is 13.6. The van der Waals surface area contributed by atoms with Gasteiger partial charge in [0.1, 0.15) is 6.61 Å². The van der Waals surface area contributed by atoms with Crippen LogP contribution in [-0.2, 0) is 6.42 Å². The minimum absolute atomic E-state index is 0.0702. The molecule has 0 aliphatic rings. The van der Waals surface area contributed by atoms with Crippen molar-refractivity contribution in [3.8, 4) is 11.8 Å². The second-order valence-corrected chi connectivity index (χ2v) is 5.49. The Morgan fingerprint density at radius 3 is 2.86 bits per heavy atom. The van der Waals surface area contributed by atoms with Crippen molar-refractivity contribution in [2.75, 3.05) is 11.9 Å². The van der Waals surface area contributed by atoms with Crippen LogP contribution in [0, 0.1) is 18.8 Å². The van der Waals surface area contributed by atoms with E-state index in [4.69, 9.17) is 5.11 Å². The maximum Gasteiger partial charge on any atom is 0.266 e. The average molecular weight is 299 g/mol. The first-order valence-corrected chi connectivity index (χ1v) is 7.61.